The predicted molar refractivity (Wildman–Crippen MR) is 61.9 cm³/mol. The van der Waals surface area contributed by atoms with Crippen LogP contribution in [0.15, 0.2) is 0 Å². The molecule has 2 fully saturated rings. The third-order valence-corrected chi connectivity index (χ3v) is 3.63. The normalized spacial score (nSPS) is 32.5. The van der Waals surface area contributed by atoms with Crippen LogP contribution >= 0.6 is 12.2 Å². The van der Waals surface area contributed by atoms with E-state index in [1.54, 1.807) is 0 Å². The zero-order valence-electron chi connectivity index (χ0n) is 8.88. The number of rotatable bonds is 1. The third-order valence-electron chi connectivity index (χ3n) is 3.41. The minimum atomic E-state index is -0.132. The lowest BCUT2D eigenvalue weighted by Gasteiger charge is -2.24. The maximum Gasteiger partial charge on any atom is 0.235 e. The van der Waals surface area contributed by atoms with Crippen LogP contribution in [-0.4, -0.2) is 17.1 Å². The van der Waals surface area contributed by atoms with Crippen molar-refractivity contribution < 1.29 is 4.79 Å². The zero-order chi connectivity index (χ0) is 10.8. The molecule has 0 saturated heterocycles. The lowest BCUT2D eigenvalue weighted by molar-refractivity contribution is -0.119. The Morgan fingerprint density at radius 3 is 2.60 bits per heavy atom. The van der Waals surface area contributed by atoms with Gasteiger partial charge in [-0.1, -0.05) is 6.42 Å². The van der Waals surface area contributed by atoms with Gasteiger partial charge in [-0.2, -0.15) is 0 Å². The predicted octanol–water partition coefficient (Wildman–Crippen LogP) is 0.690. The number of thiocarbonyl (C=S) groups is 1. The van der Waals surface area contributed by atoms with Crippen molar-refractivity contribution in [3.63, 3.8) is 0 Å². The number of nitrogens with one attached hydrogen (secondary N) is 3. The average molecular weight is 227 g/mol. The molecule has 2 aliphatic rings. The second kappa shape index (κ2) is 4.35. The van der Waals surface area contributed by atoms with E-state index in [0.717, 1.165) is 11.8 Å². The smallest absolute Gasteiger partial charge is 0.235 e. The van der Waals surface area contributed by atoms with Crippen molar-refractivity contribution in [3.8, 4) is 0 Å². The topological polar surface area (TPSA) is 53.2 Å². The van der Waals surface area contributed by atoms with Gasteiger partial charge >= 0.3 is 0 Å². The Balaban J connectivity index is 1.73. The molecule has 0 heterocycles. The summed E-state index contributed by atoms with van der Waals surface area (Å²) in [5.41, 5.74) is 5.16. The summed E-state index contributed by atoms with van der Waals surface area (Å²) in [4.78, 5) is 10.7. The van der Waals surface area contributed by atoms with E-state index in [1.807, 2.05) is 0 Å². The summed E-state index contributed by atoms with van der Waals surface area (Å²) in [6.45, 7) is 1.45. The van der Waals surface area contributed by atoms with Crippen molar-refractivity contribution in [1.82, 2.24) is 16.2 Å². The van der Waals surface area contributed by atoms with E-state index in [2.05, 4.69) is 16.2 Å². The lowest BCUT2D eigenvalue weighted by Crippen LogP contribution is -2.50. The first-order valence-electron chi connectivity index (χ1n) is 5.48. The zero-order valence-corrected chi connectivity index (χ0v) is 9.69. The van der Waals surface area contributed by atoms with Crippen molar-refractivity contribution >= 4 is 23.2 Å². The molecule has 0 aliphatic heterocycles. The molecule has 2 bridgehead atoms. The molecule has 0 aromatic rings. The molecule has 0 radical (unpaired) electrons. The van der Waals surface area contributed by atoms with E-state index in [9.17, 15) is 4.79 Å². The summed E-state index contributed by atoms with van der Waals surface area (Å²) in [6, 6.07) is 0.512. The van der Waals surface area contributed by atoms with Gasteiger partial charge in [0, 0.05) is 13.0 Å². The molecular weight excluding hydrogens is 210 g/mol. The Labute approximate surface area is 95.2 Å². The van der Waals surface area contributed by atoms with Crippen molar-refractivity contribution in [1.29, 1.82) is 0 Å². The van der Waals surface area contributed by atoms with Gasteiger partial charge in [0.2, 0.25) is 5.91 Å². The molecule has 0 aromatic heterocycles. The fraction of sp³-hybridized carbons (Fsp3) is 0.800. The second-order valence-corrected chi connectivity index (χ2v) is 4.97. The van der Waals surface area contributed by atoms with Gasteiger partial charge < -0.3 is 5.32 Å². The molecule has 3 N–H and O–H groups in total. The number of fused-ring (bicyclic) bond motifs is 2. The van der Waals surface area contributed by atoms with E-state index in [4.69, 9.17) is 12.2 Å². The first-order chi connectivity index (χ1) is 7.15. The first kappa shape index (κ1) is 10.7. The highest BCUT2D eigenvalue weighted by Crippen LogP contribution is 2.44. The van der Waals surface area contributed by atoms with Gasteiger partial charge in [0.25, 0.3) is 0 Å². The van der Waals surface area contributed by atoms with Crippen molar-refractivity contribution in [2.75, 3.05) is 0 Å². The van der Waals surface area contributed by atoms with Gasteiger partial charge in [0.1, 0.15) is 0 Å². The molecule has 84 valence electrons. The summed E-state index contributed by atoms with van der Waals surface area (Å²) in [5, 5.41) is 3.80. The van der Waals surface area contributed by atoms with Gasteiger partial charge in [0.15, 0.2) is 5.11 Å². The van der Waals surface area contributed by atoms with Crippen LogP contribution in [0, 0.1) is 11.8 Å². The number of carbonyl (C=O) groups is 1. The fourth-order valence-electron chi connectivity index (χ4n) is 2.77. The van der Waals surface area contributed by atoms with E-state index in [-0.39, 0.29) is 5.91 Å². The van der Waals surface area contributed by atoms with Crippen LogP contribution in [0.1, 0.15) is 32.6 Å². The van der Waals surface area contributed by atoms with Crippen LogP contribution in [0.3, 0.4) is 0 Å². The minimum absolute atomic E-state index is 0.132. The Hall–Kier alpha value is -0.840. The Bertz CT molecular complexity index is 282. The van der Waals surface area contributed by atoms with Crippen molar-refractivity contribution in [2.24, 2.45) is 11.8 Å². The minimum Gasteiger partial charge on any atom is -0.358 e. The number of hydrogen-bond donors (Lipinski definition) is 3. The molecular formula is C10H17N3OS. The average Bonchev–Trinajstić information content (AvgIpc) is 2.76. The molecule has 4 nitrogen and oxygen atoms in total. The van der Waals surface area contributed by atoms with Gasteiger partial charge in [-0.15, -0.1) is 0 Å². The lowest BCUT2D eigenvalue weighted by atomic mass is 9.96. The van der Waals surface area contributed by atoms with Gasteiger partial charge in [0.05, 0.1) is 0 Å². The maximum atomic E-state index is 10.7. The van der Waals surface area contributed by atoms with Crippen LogP contribution < -0.4 is 16.2 Å². The molecule has 2 rings (SSSR count). The Morgan fingerprint density at radius 1 is 1.27 bits per heavy atom. The van der Waals surface area contributed by atoms with E-state index in [0.29, 0.717) is 11.2 Å². The van der Waals surface area contributed by atoms with Crippen molar-refractivity contribution in [3.05, 3.63) is 0 Å². The molecule has 3 unspecified atom stereocenters. The molecule has 5 heteroatoms. The Morgan fingerprint density at radius 2 is 2.07 bits per heavy atom. The number of hydrogen-bond acceptors (Lipinski definition) is 2. The number of amides is 1. The second-order valence-electron chi connectivity index (χ2n) is 4.56. The molecule has 2 saturated carbocycles. The molecule has 1 amide bonds. The maximum absolute atomic E-state index is 10.7. The van der Waals surface area contributed by atoms with Crippen LogP contribution in [0.2, 0.25) is 0 Å². The van der Waals surface area contributed by atoms with Gasteiger partial charge in [-0.05, 0) is 43.3 Å². The molecule has 0 aromatic carbocycles. The standard InChI is InChI=1S/C10H17N3OS/c1-6(14)12-13-10(15)11-9-5-7-2-3-8(9)4-7/h7-9H,2-5H2,1H3,(H,12,14)(H2,11,13,15). The Kier molecular flexibility index (Phi) is 3.09. The van der Waals surface area contributed by atoms with Crippen LogP contribution in [-0.2, 0) is 4.79 Å². The fourth-order valence-corrected chi connectivity index (χ4v) is 2.97. The summed E-state index contributed by atoms with van der Waals surface area (Å²) in [6.07, 6.45) is 5.28. The van der Waals surface area contributed by atoms with E-state index in [1.165, 1.54) is 32.6 Å². The van der Waals surface area contributed by atoms with E-state index < -0.39 is 0 Å². The summed E-state index contributed by atoms with van der Waals surface area (Å²) in [7, 11) is 0. The first-order valence-corrected chi connectivity index (χ1v) is 5.89. The van der Waals surface area contributed by atoms with Crippen LogP contribution in [0.4, 0.5) is 0 Å². The molecule has 0 spiro atoms. The molecule has 2 aliphatic carbocycles. The SMILES string of the molecule is CC(=O)NNC(=S)NC1CC2CCC1C2. The largest absolute Gasteiger partial charge is 0.358 e. The number of hydrazine groups is 1. The molecule has 15 heavy (non-hydrogen) atoms. The summed E-state index contributed by atoms with van der Waals surface area (Å²) in [5.74, 6) is 1.55. The highest BCUT2D eigenvalue weighted by atomic mass is 32.1. The third kappa shape index (κ3) is 2.59. The summed E-state index contributed by atoms with van der Waals surface area (Å²) >= 11 is 5.09. The number of carbonyl (C=O) groups excluding carboxylic acids is 1. The monoisotopic (exact) mass is 227 g/mol. The summed E-state index contributed by atoms with van der Waals surface area (Å²) < 4.78 is 0. The highest BCUT2D eigenvalue weighted by Gasteiger charge is 2.39. The quantitative estimate of drug-likeness (QED) is 0.456. The van der Waals surface area contributed by atoms with Crippen molar-refractivity contribution in [2.45, 2.75) is 38.6 Å². The van der Waals surface area contributed by atoms with Crippen LogP contribution in [0.25, 0.3) is 0 Å². The van der Waals surface area contributed by atoms with E-state index >= 15 is 0 Å². The van der Waals surface area contributed by atoms with Crippen LogP contribution in [0.5, 0.6) is 0 Å². The highest BCUT2D eigenvalue weighted by molar-refractivity contribution is 7.80. The van der Waals surface area contributed by atoms with Gasteiger partial charge in [-0.25, -0.2) is 0 Å². The molecule has 3 atom stereocenters. The van der Waals surface area contributed by atoms with Gasteiger partial charge in [-0.3, -0.25) is 15.6 Å².